The van der Waals surface area contributed by atoms with Gasteiger partial charge in [-0.2, -0.15) is 0 Å². The van der Waals surface area contributed by atoms with Gasteiger partial charge >= 0.3 is 0 Å². The topological polar surface area (TPSA) is 55.6 Å². The highest BCUT2D eigenvalue weighted by atomic mass is 35.5. The molecule has 0 aliphatic carbocycles. The van der Waals surface area contributed by atoms with Crippen LogP contribution in [0.15, 0.2) is 18.2 Å². The molecule has 1 aromatic carbocycles. The Morgan fingerprint density at radius 2 is 2.24 bits per heavy atom. The largest absolute Gasteiger partial charge is 0.492 e. The van der Waals surface area contributed by atoms with Gasteiger partial charge in [-0.25, -0.2) is 0 Å². The number of likely N-dealkylation sites (tertiary alicyclic amines) is 1. The van der Waals surface area contributed by atoms with E-state index < -0.39 is 0 Å². The van der Waals surface area contributed by atoms with Gasteiger partial charge in [0.25, 0.3) is 0 Å². The molecule has 1 unspecified atom stereocenters. The Balaban J connectivity index is 1.74. The molecule has 1 heterocycles. The van der Waals surface area contributed by atoms with Crippen molar-refractivity contribution in [2.24, 2.45) is 5.73 Å². The van der Waals surface area contributed by atoms with E-state index in [0.29, 0.717) is 41.8 Å². The van der Waals surface area contributed by atoms with Crippen LogP contribution in [-0.4, -0.2) is 36.5 Å². The Bertz CT molecular complexity index is 497. The molecule has 0 bridgehead atoms. The molecule has 21 heavy (non-hydrogen) atoms. The Kier molecular flexibility index (Phi) is 6.15. The molecule has 4 nitrogen and oxygen atoms in total. The highest BCUT2D eigenvalue weighted by Gasteiger charge is 2.26. The van der Waals surface area contributed by atoms with Gasteiger partial charge in [-0.1, -0.05) is 29.3 Å². The number of carbonyl (C=O) groups is 1. The van der Waals surface area contributed by atoms with Gasteiger partial charge in [-0.3, -0.25) is 4.79 Å². The van der Waals surface area contributed by atoms with Gasteiger partial charge in [0, 0.05) is 25.6 Å². The minimum absolute atomic E-state index is 0.156. The molecule has 1 aliphatic rings. The van der Waals surface area contributed by atoms with Gasteiger partial charge in [0.1, 0.15) is 10.8 Å². The zero-order valence-corrected chi connectivity index (χ0v) is 13.4. The molecule has 1 aromatic rings. The van der Waals surface area contributed by atoms with E-state index in [0.717, 1.165) is 19.4 Å². The molecule has 6 heteroatoms. The maximum absolute atomic E-state index is 12.1. The number of rotatable bonds is 6. The van der Waals surface area contributed by atoms with Crippen molar-refractivity contribution in [2.45, 2.75) is 31.7 Å². The average molecular weight is 331 g/mol. The smallest absolute Gasteiger partial charge is 0.222 e. The van der Waals surface area contributed by atoms with Gasteiger partial charge in [-0.15, -0.1) is 0 Å². The molecule has 0 aromatic heterocycles. The lowest BCUT2D eigenvalue weighted by Gasteiger charge is -2.23. The van der Waals surface area contributed by atoms with E-state index in [1.54, 1.807) is 18.2 Å². The number of nitrogens with two attached hydrogens (primary N) is 1. The number of halogens is 2. The van der Waals surface area contributed by atoms with E-state index >= 15 is 0 Å². The number of ether oxygens (including phenoxy) is 1. The van der Waals surface area contributed by atoms with E-state index in [2.05, 4.69) is 0 Å². The van der Waals surface area contributed by atoms with Crippen LogP contribution in [0.25, 0.3) is 0 Å². The second-order valence-electron chi connectivity index (χ2n) is 5.12. The Morgan fingerprint density at radius 3 is 3.00 bits per heavy atom. The van der Waals surface area contributed by atoms with Crippen LogP contribution in [-0.2, 0) is 4.79 Å². The summed E-state index contributed by atoms with van der Waals surface area (Å²) < 4.78 is 5.57. The van der Waals surface area contributed by atoms with E-state index in [9.17, 15) is 4.79 Å². The SMILES string of the molecule is NCC1CCCN1C(=O)CCCOc1cccc(Cl)c1Cl. The molecular formula is C15H20Cl2N2O2. The van der Waals surface area contributed by atoms with Gasteiger partial charge < -0.3 is 15.4 Å². The summed E-state index contributed by atoms with van der Waals surface area (Å²) in [7, 11) is 0. The Hall–Kier alpha value is -0.970. The molecule has 2 rings (SSSR count). The molecule has 0 saturated carbocycles. The summed E-state index contributed by atoms with van der Waals surface area (Å²) in [5, 5.41) is 0.876. The number of hydrogen-bond acceptors (Lipinski definition) is 3. The summed E-state index contributed by atoms with van der Waals surface area (Å²) >= 11 is 11.9. The third-order valence-corrected chi connectivity index (χ3v) is 4.48. The fourth-order valence-electron chi connectivity index (χ4n) is 2.55. The first kappa shape index (κ1) is 16.4. The number of nitrogens with zero attached hydrogens (tertiary/aromatic N) is 1. The number of hydrogen-bond donors (Lipinski definition) is 1. The first-order valence-corrected chi connectivity index (χ1v) is 7.95. The van der Waals surface area contributed by atoms with Crippen LogP contribution in [0, 0.1) is 0 Å². The summed E-state index contributed by atoms with van der Waals surface area (Å²) in [6.07, 6.45) is 3.17. The minimum Gasteiger partial charge on any atom is -0.492 e. The van der Waals surface area contributed by atoms with Crippen molar-refractivity contribution < 1.29 is 9.53 Å². The van der Waals surface area contributed by atoms with Crippen LogP contribution in [0.4, 0.5) is 0 Å². The second-order valence-corrected chi connectivity index (χ2v) is 5.91. The highest BCUT2D eigenvalue weighted by Crippen LogP contribution is 2.31. The predicted molar refractivity (Wildman–Crippen MR) is 85.0 cm³/mol. The summed E-state index contributed by atoms with van der Waals surface area (Å²) in [6, 6.07) is 5.47. The number of carbonyl (C=O) groups excluding carboxylic acids is 1. The zero-order valence-electron chi connectivity index (χ0n) is 11.9. The number of benzene rings is 1. The van der Waals surface area contributed by atoms with Crippen molar-refractivity contribution in [1.82, 2.24) is 4.90 Å². The summed E-state index contributed by atoms with van der Waals surface area (Å²) in [5.41, 5.74) is 5.68. The van der Waals surface area contributed by atoms with E-state index in [1.807, 2.05) is 4.90 Å². The lowest BCUT2D eigenvalue weighted by molar-refractivity contribution is -0.132. The Morgan fingerprint density at radius 1 is 1.43 bits per heavy atom. The second kappa shape index (κ2) is 7.87. The fourth-order valence-corrected chi connectivity index (χ4v) is 2.90. The normalized spacial score (nSPS) is 18.0. The first-order chi connectivity index (χ1) is 10.1. The van der Waals surface area contributed by atoms with Crippen molar-refractivity contribution in [3.05, 3.63) is 28.2 Å². The minimum atomic E-state index is 0.156. The van der Waals surface area contributed by atoms with Crippen LogP contribution in [0.3, 0.4) is 0 Å². The summed E-state index contributed by atoms with van der Waals surface area (Å²) in [4.78, 5) is 14.0. The quantitative estimate of drug-likeness (QED) is 0.815. The third kappa shape index (κ3) is 4.25. The average Bonchev–Trinajstić information content (AvgIpc) is 2.96. The van der Waals surface area contributed by atoms with Crippen LogP contribution in [0.5, 0.6) is 5.75 Å². The third-order valence-electron chi connectivity index (χ3n) is 3.68. The molecule has 0 spiro atoms. The first-order valence-electron chi connectivity index (χ1n) is 7.20. The van der Waals surface area contributed by atoms with Crippen molar-refractivity contribution in [3.63, 3.8) is 0 Å². The molecule has 116 valence electrons. The molecule has 1 fully saturated rings. The maximum atomic E-state index is 12.1. The predicted octanol–water partition coefficient (Wildman–Crippen LogP) is 3.10. The molecular weight excluding hydrogens is 311 g/mol. The van der Waals surface area contributed by atoms with Crippen molar-refractivity contribution >= 4 is 29.1 Å². The standard InChI is InChI=1S/C15H20Cl2N2O2/c16-12-5-1-6-13(15(12)17)21-9-3-7-14(20)19-8-2-4-11(19)10-18/h1,5-6,11H,2-4,7-10,18H2. The zero-order chi connectivity index (χ0) is 15.2. The van der Waals surface area contributed by atoms with Crippen LogP contribution in [0.2, 0.25) is 10.0 Å². The highest BCUT2D eigenvalue weighted by molar-refractivity contribution is 6.42. The van der Waals surface area contributed by atoms with Gasteiger partial charge in [0.15, 0.2) is 0 Å². The van der Waals surface area contributed by atoms with Crippen LogP contribution >= 0.6 is 23.2 Å². The van der Waals surface area contributed by atoms with E-state index in [4.69, 9.17) is 33.7 Å². The van der Waals surface area contributed by atoms with E-state index in [-0.39, 0.29) is 11.9 Å². The molecule has 2 N–H and O–H groups in total. The van der Waals surface area contributed by atoms with Gasteiger partial charge in [0.2, 0.25) is 5.91 Å². The maximum Gasteiger partial charge on any atom is 0.222 e. The van der Waals surface area contributed by atoms with Crippen molar-refractivity contribution in [2.75, 3.05) is 19.7 Å². The lowest BCUT2D eigenvalue weighted by atomic mass is 10.2. The molecule has 0 radical (unpaired) electrons. The summed E-state index contributed by atoms with van der Waals surface area (Å²) in [5.74, 6) is 0.710. The fraction of sp³-hybridized carbons (Fsp3) is 0.533. The van der Waals surface area contributed by atoms with Crippen LogP contribution < -0.4 is 10.5 Å². The summed E-state index contributed by atoms with van der Waals surface area (Å²) in [6.45, 7) is 1.80. The lowest BCUT2D eigenvalue weighted by Crippen LogP contribution is -2.39. The molecule has 1 saturated heterocycles. The van der Waals surface area contributed by atoms with Crippen molar-refractivity contribution in [3.8, 4) is 5.75 Å². The number of amides is 1. The molecule has 1 atom stereocenters. The van der Waals surface area contributed by atoms with Crippen LogP contribution in [0.1, 0.15) is 25.7 Å². The van der Waals surface area contributed by atoms with E-state index in [1.165, 1.54) is 0 Å². The Labute approximate surface area is 135 Å². The molecule has 1 amide bonds. The van der Waals surface area contributed by atoms with Crippen molar-refractivity contribution in [1.29, 1.82) is 0 Å². The van der Waals surface area contributed by atoms with Gasteiger partial charge in [-0.05, 0) is 31.4 Å². The molecule has 1 aliphatic heterocycles. The van der Waals surface area contributed by atoms with Gasteiger partial charge in [0.05, 0.1) is 11.6 Å². The monoisotopic (exact) mass is 330 g/mol.